The number of anilines is 1. The number of hydrogen-bond acceptors (Lipinski definition) is 4. The number of hydrogen-bond donors (Lipinski definition) is 0. The Morgan fingerprint density at radius 2 is 1.59 bits per heavy atom. The van der Waals surface area contributed by atoms with E-state index in [1.54, 1.807) is 0 Å². The molecule has 1 aromatic carbocycles. The van der Waals surface area contributed by atoms with Crippen molar-refractivity contribution in [3.63, 3.8) is 0 Å². The van der Waals surface area contributed by atoms with Gasteiger partial charge in [-0.15, -0.1) is 0 Å². The minimum atomic E-state index is -0.428. The van der Waals surface area contributed by atoms with E-state index in [1.165, 1.54) is 0 Å². The summed E-state index contributed by atoms with van der Waals surface area (Å²) in [7, 11) is 3.94. The third-order valence-corrected chi connectivity index (χ3v) is 2.93. The minimum absolute atomic E-state index is 0.0417. The molecule has 0 N–H and O–H groups in total. The highest BCUT2D eigenvalue weighted by molar-refractivity contribution is 5.89. The molecule has 0 bridgehead atoms. The summed E-state index contributed by atoms with van der Waals surface area (Å²) in [6.07, 6.45) is 0.570. The smallest absolute Gasteiger partial charge is 0.314 e. The van der Waals surface area contributed by atoms with Crippen LogP contribution in [-0.4, -0.2) is 26.0 Å². The molecule has 0 spiro atoms. The summed E-state index contributed by atoms with van der Waals surface area (Å²) in [6.45, 7) is 0. The Hall–Kier alpha value is -1.84. The number of rotatable bonds is 2. The minimum Gasteiger partial charge on any atom is -0.393 e. The van der Waals surface area contributed by atoms with Crippen LogP contribution in [0.1, 0.15) is 24.3 Å². The zero-order chi connectivity index (χ0) is 12.4. The van der Waals surface area contributed by atoms with Crippen LogP contribution in [0, 0.1) is 0 Å². The molecular formula is C13H15NO3. The maximum absolute atomic E-state index is 11.2. The third kappa shape index (κ3) is 2.64. The zero-order valence-corrected chi connectivity index (χ0v) is 9.97. The Labute approximate surface area is 100 Å². The molecule has 4 heteroatoms. The molecule has 0 radical (unpaired) electrons. The Balaban J connectivity index is 2.16. The molecule has 1 aliphatic rings. The summed E-state index contributed by atoms with van der Waals surface area (Å²) in [5.74, 6) is -0.897. The van der Waals surface area contributed by atoms with Gasteiger partial charge in [-0.2, -0.15) is 0 Å². The number of carbonyl (C=O) groups excluding carboxylic acids is 2. The first kappa shape index (κ1) is 11.6. The molecule has 0 amide bonds. The van der Waals surface area contributed by atoms with Crippen molar-refractivity contribution in [3.05, 3.63) is 29.8 Å². The van der Waals surface area contributed by atoms with Crippen molar-refractivity contribution in [2.24, 2.45) is 0 Å². The van der Waals surface area contributed by atoms with E-state index in [2.05, 4.69) is 4.74 Å². The van der Waals surface area contributed by atoms with Crippen LogP contribution < -0.4 is 4.90 Å². The first-order valence-electron chi connectivity index (χ1n) is 5.57. The number of nitrogens with zero attached hydrogens (tertiary/aromatic N) is 1. The molecule has 0 aliphatic carbocycles. The second kappa shape index (κ2) is 4.57. The van der Waals surface area contributed by atoms with Crippen molar-refractivity contribution in [1.82, 2.24) is 0 Å². The van der Waals surface area contributed by atoms with Gasteiger partial charge >= 0.3 is 11.9 Å². The number of ether oxygens (including phenoxy) is 1. The van der Waals surface area contributed by atoms with Gasteiger partial charge < -0.3 is 9.64 Å². The van der Waals surface area contributed by atoms with Crippen LogP contribution in [0.15, 0.2) is 24.3 Å². The first-order chi connectivity index (χ1) is 8.06. The highest BCUT2D eigenvalue weighted by Crippen LogP contribution is 2.29. The van der Waals surface area contributed by atoms with E-state index in [1.807, 2.05) is 43.3 Å². The molecule has 4 nitrogen and oxygen atoms in total. The second-order valence-electron chi connectivity index (χ2n) is 4.44. The third-order valence-electron chi connectivity index (χ3n) is 2.93. The van der Waals surface area contributed by atoms with Gasteiger partial charge in [0.05, 0.1) is 12.8 Å². The molecule has 90 valence electrons. The molecule has 0 aromatic heterocycles. The van der Waals surface area contributed by atoms with Crippen LogP contribution in [0.5, 0.6) is 0 Å². The van der Waals surface area contributed by atoms with E-state index in [9.17, 15) is 9.59 Å². The Morgan fingerprint density at radius 3 is 2.06 bits per heavy atom. The molecule has 2 rings (SSSR count). The van der Waals surface area contributed by atoms with Crippen LogP contribution >= 0.6 is 0 Å². The lowest BCUT2D eigenvalue weighted by Gasteiger charge is -2.21. The largest absolute Gasteiger partial charge is 0.393 e. The van der Waals surface area contributed by atoms with Crippen LogP contribution in [-0.2, 0) is 14.3 Å². The van der Waals surface area contributed by atoms with Crippen molar-refractivity contribution in [2.45, 2.75) is 18.8 Å². The summed E-state index contributed by atoms with van der Waals surface area (Å²) < 4.78 is 4.51. The molecule has 1 saturated heterocycles. The highest BCUT2D eigenvalue weighted by atomic mass is 16.6. The topological polar surface area (TPSA) is 46.6 Å². The number of carbonyl (C=O) groups is 2. The lowest BCUT2D eigenvalue weighted by Crippen LogP contribution is -2.24. The normalized spacial score (nSPS) is 16.8. The fraction of sp³-hybridized carbons (Fsp3) is 0.385. The molecule has 1 aliphatic heterocycles. The fourth-order valence-electron chi connectivity index (χ4n) is 1.97. The van der Waals surface area contributed by atoms with E-state index in [-0.39, 0.29) is 18.8 Å². The molecule has 1 heterocycles. The predicted molar refractivity (Wildman–Crippen MR) is 63.8 cm³/mol. The Bertz CT molecular complexity index is 420. The quantitative estimate of drug-likeness (QED) is 0.576. The van der Waals surface area contributed by atoms with Crippen molar-refractivity contribution in [1.29, 1.82) is 0 Å². The van der Waals surface area contributed by atoms with E-state index in [0.29, 0.717) is 0 Å². The molecule has 1 aromatic rings. The zero-order valence-electron chi connectivity index (χ0n) is 9.97. The van der Waals surface area contributed by atoms with Crippen molar-refractivity contribution in [3.8, 4) is 0 Å². The average molecular weight is 233 g/mol. The maximum atomic E-state index is 11.2. The van der Waals surface area contributed by atoms with Gasteiger partial charge in [0.2, 0.25) is 0 Å². The lowest BCUT2D eigenvalue weighted by atomic mass is 9.91. The van der Waals surface area contributed by atoms with Crippen LogP contribution in [0.2, 0.25) is 0 Å². The highest BCUT2D eigenvalue weighted by Gasteiger charge is 2.28. The van der Waals surface area contributed by atoms with Gasteiger partial charge in [-0.25, -0.2) is 0 Å². The molecule has 0 saturated carbocycles. The monoisotopic (exact) mass is 233 g/mol. The van der Waals surface area contributed by atoms with E-state index >= 15 is 0 Å². The SMILES string of the molecule is CN(C)c1ccc(C2CC(=O)OC(=O)C2)cc1. The maximum Gasteiger partial charge on any atom is 0.314 e. The van der Waals surface area contributed by atoms with Gasteiger partial charge in [-0.1, -0.05) is 12.1 Å². The van der Waals surface area contributed by atoms with Gasteiger partial charge in [0.1, 0.15) is 0 Å². The standard InChI is InChI=1S/C13H15NO3/c1-14(2)11-5-3-9(4-6-11)10-7-12(15)17-13(16)8-10/h3-6,10H,7-8H2,1-2H3. The number of cyclic esters (lactones) is 2. The van der Waals surface area contributed by atoms with Crippen molar-refractivity contribution >= 4 is 17.6 Å². The van der Waals surface area contributed by atoms with Crippen LogP contribution in [0.4, 0.5) is 5.69 Å². The summed E-state index contributed by atoms with van der Waals surface area (Å²) in [5, 5.41) is 0. The predicted octanol–water partition coefficient (Wildman–Crippen LogP) is 1.70. The van der Waals surface area contributed by atoms with E-state index in [0.717, 1.165) is 11.3 Å². The van der Waals surface area contributed by atoms with Crippen molar-refractivity contribution in [2.75, 3.05) is 19.0 Å². The molecule has 17 heavy (non-hydrogen) atoms. The first-order valence-corrected chi connectivity index (χ1v) is 5.57. The molecule has 0 unspecified atom stereocenters. The summed E-state index contributed by atoms with van der Waals surface area (Å²) >= 11 is 0. The van der Waals surface area contributed by atoms with Gasteiger partial charge in [0, 0.05) is 25.7 Å². The Kier molecular flexibility index (Phi) is 3.13. The Morgan fingerprint density at radius 1 is 1.06 bits per heavy atom. The summed E-state index contributed by atoms with van der Waals surface area (Å²) in [4.78, 5) is 24.4. The van der Waals surface area contributed by atoms with Gasteiger partial charge in [0.25, 0.3) is 0 Å². The summed E-state index contributed by atoms with van der Waals surface area (Å²) in [5.41, 5.74) is 2.11. The van der Waals surface area contributed by atoms with Gasteiger partial charge in [-0.05, 0) is 17.7 Å². The lowest BCUT2D eigenvalue weighted by molar-refractivity contribution is -0.163. The van der Waals surface area contributed by atoms with E-state index in [4.69, 9.17) is 0 Å². The molecular weight excluding hydrogens is 218 g/mol. The second-order valence-corrected chi connectivity index (χ2v) is 4.44. The number of benzene rings is 1. The van der Waals surface area contributed by atoms with E-state index < -0.39 is 11.9 Å². The van der Waals surface area contributed by atoms with Crippen molar-refractivity contribution < 1.29 is 14.3 Å². The van der Waals surface area contributed by atoms with Crippen LogP contribution in [0.25, 0.3) is 0 Å². The molecule has 1 fully saturated rings. The fourth-order valence-corrected chi connectivity index (χ4v) is 1.97. The average Bonchev–Trinajstić information content (AvgIpc) is 2.28. The summed E-state index contributed by atoms with van der Waals surface area (Å²) in [6, 6.07) is 7.90. The van der Waals surface area contributed by atoms with Gasteiger partial charge in [0.15, 0.2) is 0 Å². The van der Waals surface area contributed by atoms with Crippen LogP contribution in [0.3, 0.4) is 0 Å². The van der Waals surface area contributed by atoms with Gasteiger partial charge in [-0.3, -0.25) is 9.59 Å². The molecule has 0 atom stereocenters. The number of esters is 2.